The fraction of sp³-hybridized carbons (Fsp3) is 0.154. The number of nitro benzene ring substituents is 1. The van der Waals surface area contributed by atoms with Gasteiger partial charge in [-0.05, 0) is 53.6 Å². The molecule has 0 aromatic heterocycles. The molecule has 3 aromatic carbocycles. The summed E-state index contributed by atoms with van der Waals surface area (Å²) in [6.07, 6.45) is 3.01. The number of non-ortho nitro benzene ring substituents is 1. The number of ether oxygens (including phenoxy) is 4. The Morgan fingerprint density at radius 1 is 1.05 bits per heavy atom. The zero-order chi connectivity index (χ0) is 26.8. The summed E-state index contributed by atoms with van der Waals surface area (Å²) in [4.78, 5) is 22.8. The number of hydrogen-bond acceptors (Lipinski definition) is 8. The quantitative estimate of drug-likeness (QED) is 0.150. The molecule has 10 nitrogen and oxygen atoms in total. The molecular weight excluding hydrogens is 502 g/mol. The van der Waals surface area contributed by atoms with Gasteiger partial charge in [0.05, 0.1) is 30.4 Å². The summed E-state index contributed by atoms with van der Waals surface area (Å²) < 4.78 is 21.9. The number of rotatable bonds is 12. The number of carbonyl (C=O) groups excluding carboxylic acids is 1. The van der Waals surface area contributed by atoms with Crippen molar-refractivity contribution in [2.45, 2.75) is 6.61 Å². The maximum atomic E-state index is 12.5. The molecule has 192 valence electrons. The summed E-state index contributed by atoms with van der Waals surface area (Å²) in [5.74, 6) is 1.09. The molecule has 37 heavy (non-hydrogen) atoms. The molecule has 0 heterocycles. The first-order valence-corrected chi connectivity index (χ1v) is 11.2. The largest absolute Gasteiger partial charge is 0.493 e. The number of halogens is 1. The third-order valence-corrected chi connectivity index (χ3v) is 5.23. The van der Waals surface area contributed by atoms with Crippen LogP contribution in [0.5, 0.6) is 23.0 Å². The predicted octanol–water partition coefficient (Wildman–Crippen LogP) is 5.17. The van der Waals surface area contributed by atoms with Crippen molar-refractivity contribution in [3.05, 3.63) is 99.1 Å². The van der Waals surface area contributed by atoms with E-state index >= 15 is 0 Å². The van der Waals surface area contributed by atoms with Gasteiger partial charge in [0.2, 0.25) is 0 Å². The number of hydrazone groups is 1. The highest BCUT2D eigenvalue weighted by Crippen LogP contribution is 2.36. The van der Waals surface area contributed by atoms with Gasteiger partial charge in [-0.15, -0.1) is 0 Å². The lowest BCUT2D eigenvalue weighted by Crippen LogP contribution is -2.17. The smallest absolute Gasteiger partial charge is 0.271 e. The topological polar surface area (TPSA) is 122 Å². The number of methoxy groups -OCH3 is 2. The third-order valence-electron chi connectivity index (χ3n) is 4.94. The van der Waals surface area contributed by atoms with Crippen LogP contribution in [-0.2, 0) is 6.61 Å². The summed E-state index contributed by atoms with van der Waals surface area (Å²) in [5, 5.41) is 15.0. The number of benzene rings is 3. The molecule has 3 rings (SSSR count). The lowest BCUT2D eigenvalue weighted by atomic mass is 10.2. The Balaban J connectivity index is 1.66. The Morgan fingerprint density at radius 2 is 1.78 bits per heavy atom. The van der Waals surface area contributed by atoms with Gasteiger partial charge in [-0.1, -0.05) is 24.3 Å². The van der Waals surface area contributed by atoms with Gasteiger partial charge in [0.25, 0.3) is 11.6 Å². The molecule has 11 heteroatoms. The molecule has 0 fully saturated rings. The van der Waals surface area contributed by atoms with E-state index in [1.807, 2.05) is 0 Å². The summed E-state index contributed by atoms with van der Waals surface area (Å²) in [6.45, 7) is 4.03. The standard InChI is InChI=1S/C26H24ClN3O7/c1-4-11-36-22-10-7-19(14-23(22)34-2)26(31)29-28-15-18-12-21(27)25(24(13-18)35-3)37-16-17-5-8-20(9-6-17)30(32)33/h4-10,12-15H,1,11,16H2,2-3H3,(H,29,31)/b28-15+. The van der Waals surface area contributed by atoms with Gasteiger partial charge in [0.1, 0.15) is 13.2 Å². The first-order chi connectivity index (χ1) is 17.9. The van der Waals surface area contributed by atoms with Crippen LogP contribution in [0.1, 0.15) is 21.5 Å². The second-order valence-electron chi connectivity index (χ2n) is 7.41. The molecule has 1 amide bonds. The van der Waals surface area contributed by atoms with Crippen molar-refractivity contribution in [2.75, 3.05) is 20.8 Å². The summed E-state index contributed by atoms with van der Waals surface area (Å²) >= 11 is 6.39. The van der Waals surface area contributed by atoms with Gasteiger partial charge in [-0.3, -0.25) is 14.9 Å². The van der Waals surface area contributed by atoms with Gasteiger partial charge in [0, 0.05) is 17.7 Å². The maximum absolute atomic E-state index is 12.5. The minimum absolute atomic E-state index is 0.0104. The van der Waals surface area contributed by atoms with Crippen molar-refractivity contribution in [3.63, 3.8) is 0 Å². The highest BCUT2D eigenvalue weighted by Gasteiger charge is 2.14. The van der Waals surface area contributed by atoms with E-state index in [2.05, 4.69) is 17.1 Å². The number of carbonyl (C=O) groups is 1. The highest BCUT2D eigenvalue weighted by molar-refractivity contribution is 6.32. The summed E-state index contributed by atoms with van der Waals surface area (Å²) in [7, 11) is 2.94. The van der Waals surface area contributed by atoms with Crippen LogP contribution in [0.3, 0.4) is 0 Å². The molecule has 0 aliphatic carbocycles. The maximum Gasteiger partial charge on any atom is 0.271 e. The van der Waals surface area contributed by atoms with E-state index in [4.69, 9.17) is 30.5 Å². The van der Waals surface area contributed by atoms with Crippen molar-refractivity contribution in [1.29, 1.82) is 0 Å². The molecule has 0 radical (unpaired) electrons. The summed E-state index contributed by atoms with van der Waals surface area (Å²) in [6, 6.07) is 14.0. The number of amides is 1. The minimum Gasteiger partial charge on any atom is -0.493 e. The Kier molecular flexibility index (Phi) is 9.45. The van der Waals surface area contributed by atoms with Gasteiger partial charge >= 0.3 is 0 Å². The molecule has 0 aliphatic heterocycles. The molecule has 0 bridgehead atoms. The van der Waals surface area contributed by atoms with Crippen molar-refractivity contribution in [3.8, 4) is 23.0 Å². The average Bonchev–Trinajstić information content (AvgIpc) is 2.91. The minimum atomic E-state index is -0.472. The van der Waals surface area contributed by atoms with Crippen LogP contribution in [-0.4, -0.2) is 37.9 Å². The monoisotopic (exact) mass is 525 g/mol. The van der Waals surface area contributed by atoms with Crippen LogP contribution in [0, 0.1) is 10.1 Å². The molecule has 0 aliphatic rings. The fourth-order valence-electron chi connectivity index (χ4n) is 3.13. The molecular formula is C26H24ClN3O7. The predicted molar refractivity (Wildman–Crippen MR) is 139 cm³/mol. The molecule has 0 atom stereocenters. The van der Waals surface area contributed by atoms with Crippen LogP contribution >= 0.6 is 11.6 Å². The number of hydrogen-bond donors (Lipinski definition) is 1. The molecule has 0 unspecified atom stereocenters. The van der Waals surface area contributed by atoms with Crippen molar-refractivity contribution in [2.24, 2.45) is 5.10 Å². The number of nitro groups is 1. The van der Waals surface area contributed by atoms with E-state index < -0.39 is 10.8 Å². The Hall–Kier alpha value is -4.57. The van der Waals surface area contributed by atoms with Crippen LogP contribution in [0.4, 0.5) is 5.69 Å². The first kappa shape index (κ1) is 27.0. The van der Waals surface area contributed by atoms with E-state index in [0.717, 1.165) is 0 Å². The Morgan fingerprint density at radius 3 is 2.43 bits per heavy atom. The number of nitrogens with zero attached hydrogens (tertiary/aromatic N) is 2. The van der Waals surface area contributed by atoms with E-state index in [9.17, 15) is 14.9 Å². The van der Waals surface area contributed by atoms with Crippen LogP contribution < -0.4 is 24.4 Å². The second kappa shape index (κ2) is 12.9. The molecule has 0 spiro atoms. The van der Waals surface area contributed by atoms with Gasteiger partial charge in [-0.25, -0.2) is 5.43 Å². The van der Waals surface area contributed by atoms with Crippen LogP contribution in [0.15, 0.2) is 72.4 Å². The van der Waals surface area contributed by atoms with E-state index in [1.54, 1.807) is 48.5 Å². The SMILES string of the molecule is C=CCOc1ccc(C(=O)N/N=C/c2cc(Cl)c(OCc3ccc([N+](=O)[O-])cc3)c(OC)c2)cc1OC. The normalized spacial score (nSPS) is 10.6. The van der Waals surface area contributed by atoms with Gasteiger partial charge < -0.3 is 18.9 Å². The average molecular weight is 526 g/mol. The van der Waals surface area contributed by atoms with Gasteiger partial charge in [-0.2, -0.15) is 5.10 Å². The highest BCUT2D eigenvalue weighted by atomic mass is 35.5. The molecule has 1 N–H and O–H groups in total. The molecule has 0 saturated carbocycles. The van der Waals surface area contributed by atoms with Crippen molar-refractivity contribution < 1.29 is 28.7 Å². The second-order valence-corrected chi connectivity index (χ2v) is 7.82. The van der Waals surface area contributed by atoms with E-state index in [-0.39, 0.29) is 17.3 Å². The molecule has 3 aromatic rings. The third kappa shape index (κ3) is 7.21. The number of nitrogens with one attached hydrogen (secondary N) is 1. The van der Waals surface area contributed by atoms with Crippen LogP contribution in [0.2, 0.25) is 5.02 Å². The fourth-order valence-corrected chi connectivity index (χ4v) is 3.40. The van der Waals surface area contributed by atoms with E-state index in [1.165, 1.54) is 32.6 Å². The molecule has 0 saturated heterocycles. The van der Waals surface area contributed by atoms with Crippen molar-refractivity contribution in [1.82, 2.24) is 5.43 Å². The zero-order valence-corrected chi connectivity index (χ0v) is 20.9. The zero-order valence-electron chi connectivity index (χ0n) is 20.1. The van der Waals surface area contributed by atoms with Crippen molar-refractivity contribution >= 4 is 29.4 Å². The van der Waals surface area contributed by atoms with E-state index in [0.29, 0.717) is 46.3 Å². The Bertz CT molecular complexity index is 1310. The van der Waals surface area contributed by atoms with Crippen LogP contribution in [0.25, 0.3) is 0 Å². The lowest BCUT2D eigenvalue weighted by molar-refractivity contribution is -0.384. The lowest BCUT2D eigenvalue weighted by Gasteiger charge is -2.13. The Labute approximate surface area is 218 Å². The van der Waals surface area contributed by atoms with Gasteiger partial charge in [0.15, 0.2) is 23.0 Å². The summed E-state index contributed by atoms with van der Waals surface area (Å²) in [5.41, 5.74) is 4.03. The first-order valence-electron chi connectivity index (χ1n) is 10.8.